The number of rotatable bonds is 2. The molecule has 2 unspecified atom stereocenters. The molecule has 5 nitrogen and oxygen atoms in total. The van der Waals surface area contributed by atoms with E-state index in [2.05, 4.69) is 4.98 Å². The van der Waals surface area contributed by atoms with Gasteiger partial charge in [-0.05, 0) is 37.8 Å². The summed E-state index contributed by atoms with van der Waals surface area (Å²) in [5.41, 5.74) is 1.91. The van der Waals surface area contributed by atoms with Crippen LogP contribution in [0, 0.1) is 0 Å². The topological polar surface area (TPSA) is 58.4 Å². The number of amides is 1. The maximum Gasteiger partial charge on any atom is 0.243 e. The maximum absolute atomic E-state index is 12.7. The van der Waals surface area contributed by atoms with Gasteiger partial charge in [0, 0.05) is 12.1 Å². The number of aromatic nitrogens is 2. The summed E-state index contributed by atoms with van der Waals surface area (Å²) in [5.74, 6) is 0.151. The summed E-state index contributed by atoms with van der Waals surface area (Å²) < 4.78 is 1.92. The average Bonchev–Trinajstić information content (AvgIpc) is 2.99. The molecule has 0 saturated carbocycles. The van der Waals surface area contributed by atoms with Crippen molar-refractivity contribution < 1.29 is 9.90 Å². The average molecular weight is 285 g/mol. The first-order valence-corrected chi connectivity index (χ1v) is 7.61. The Bertz CT molecular complexity index is 667. The quantitative estimate of drug-likeness (QED) is 0.911. The fourth-order valence-corrected chi connectivity index (χ4v) is 3.92. The Hall–Kier alpha value is -1.88. The number of carbonyl (C=O) groups is 1. The molecule has 5 heteroatoms. The van der Waals surface area contributed by atoms with Crippen molar-refractivity contribution in [1.29, 1.82) is 0 Å². The Balaban J connectivity index is 1.56. The van der Waals surface area contributed by atoms with Crippen molar-refractivity contribution in [2.45, 2.75) is 50.4 Å². The normalized spacial score (nSPS) is 28.2. The molecule has 2 atom stereocenters. The highest BCUT2D eigenvalue weighted by atomic mass is 16.3. The number of imidazole rings is 1. The number of aliphatic hydroxyl groups excluding tert-OH is 1. The van der Waals surface area contributed by atoms with Crippen molar-refractivity contribution in [2.24, 2.45) is 0 Å². The number of para-hydroxylation sites is 2. The second-order valence-corrected chi connectivity index (χ2v) is 6.17. The van der Waals surface area contributed by atoms with Gasteiger partial charge in [-0.1, -0.05) is 12.1 Å². The van der Waals surface area contributed by atoms with Crippen LogP contribution in [-0.2, 0) is 11.3 Å². The number of piperidine rings is 1. The molecule has 1 N–H and O–H groups in total. The summed E-state index contributed by atoms with van der Waals surface area (Å²) >= 11 is 0. The molecule has 0 radical (unpaired) electrons. The van der Waals surface area contributed by atoms with E-state index in [1.54, 1.807) is 6.33 Å². The van der Waals surface area contributed by atoms with Gasteiger partial charge in [0.1, 0.15) is 6.54 Å². The molecule has 2 aromatic rings. The molecule has 3 heterocycles. The first-order valence-electron chi connectivity index (χ1n) is 7.61. The van der Waals surface area contributed by atoms with Gasteiger partial charge in [0.2, 0.25) is 5.91 Å². The molecule has 2 aliphatic heterocycles. The van der Waals surface area contributed by atoms with Gasteiger partial charge >= 0.3 is 0 Å². The van der Waals surface area contributed by atoms with Crippen LogP contribution in [0.5, 0.6) is 0 Å². The fraction of sp³-hybridized carbons (Fsp3) is 0.500. The number of carbonyl (C=O) groups excluding carboxylic acids is 1. The van der Waals surface area contributed by atoms with Gasteiger partial charge in [-0.15, -0.1) is 0 Å². The van der Waals surface area contributed by atoms with E-state index in [-0.39, 0.29) is 24.1 Å². The lowest BCUT2D eigenvalue weighted by Gasteiger charge is -2.37. The Morgan fingerprint density at radius 2 is 1.95 bits per heavy atom. The predicted molar refractivity (Wildman–Crippen MR) is 78.6 cm³/mol. The van der Waals surface area contributed by atoms with Crippen LogP contribution in [0.3, 0.4) is 0 Å². The van der Waals surface area contributed by atoms with Crippen molar-refractivity contribution in [2.75, 3.05) is 0 Å². The number of nitrogens with zero attached hydrogens (tertiary/aromatic N) is 3. The maximum atomic E-state index is 12.7. The third-order valence-electron chi connectivity index (χ3n) is 4.83. The molecule has 2 bridgehead atoms. The zero-order valence-corrected chi connectivity index (χ0v) is 11.9. The zero-order chi connectivity index (χ0) is 14.4. The van der Waals surface area contributed by atoms with Crippen LogP contribution in [-0.4, -0.2) is 43.7 Å². The van der Waals surface area contributed by atoms with E-state index in [0.29, 0.717) is 6.54 Å². The number of benzene rings is 1. The smallest absolute Gasteiger partial charge is 0.243 e. The standard InChI is InChI=1S/C16H19N3O2/c20-13-7-11-5-6-12(8-13)19(11)16(21)9-18-10-17-14-3-1-2-4-15(14)18/h1-4,10-13,20H,5-9H2. The summed E-state index contributed by atoms with van der Waals surface area (Å²) in [6.45, 7) is 0.337. The van der Waals surface area contributed by atoms with Gasteiger partial charge in [0.15, 0.2) is 0 Å². The van der Waals surface area contributed by atoms with Crippen molar-refractivity contribution in [1.82, 2.24) is 14.5 Å². The second-order valence-electron chi connectivity index (χ2n) is 6.17. The van der Waals surface area contributed by atoms with E-state index in [0.717, 1.165) is 36.7 Å². The molecule has 0 aliphatic carbocycles. The number of aliphatic hydroxyl groups is 1. The molecule has 1 aromatic carbocycles. The van der Waals surface area contributed by atoms with E-state index in [9.17, 15) is 9.90 Å². The van der Waals surface area contributed by atoms with Crippen LogP contribution in [0.1, 0.15) is 25.7 Å². The molecular formula is C16H19N3O2. The first-order chi connectivity index (χ1) is 10.2. The summed E-state index contributed by atoms with van der Waals surface area (Å²) in [6.07, 6.45) is 5.01. The minimum atomic E-state index is -0.236. The van der Waals surface area contributed by atoms with Crippen molar-refractivity contribution >= 4 is 16.9 Å². The molecule has 2 aliphatic rings. The molecular weight excluding hydrogens is 266 g/mol. The van der Waals surface area contributed by atoms with Crippen LogP contribution in [0.25, 0.3) is 11.0 Å². The Morgan fingerprint density at radius 3 is 2.71 bits per heavy atom. The van der Waals surface area contributed by atoms with E-state index in [4.69, 9.17) is 0 Å². The summed E-state index contributed by atoms with van der Waals surface area (Å²) in [7, 11) is 0. The van der Waals surface area contributed by atoms with Crippen molar-refractivity contribution in [3.63, 3.8) is 0 Å². The largest absolute Gasteiger partial charge is 0.393 e. The molecule has 0 spiro atoms. The van der Waals surface area contributed by atoms with Crippen molar-refractivity contribution in [3.05, 3.63) is 30.6 Å². The first kappa shape index (κ1) is 12.8. The van der Waals surface area contributed by atoms with Crippen LogP contribution in [0.15, 0.2) is 30.6 Å². The molecule has 4 rings (SSSR count). The van der Waals surface area contributed by atoms with Crippen molar-refractivity contribution in [3.8, 4) is 0 Å². The lowest BCUT2D eigenvalue weighted by atomic mass is 10.00. The van der Waals surface area contributed by atoms with Gasteiger partial charge in [0.25, 0.3) is 0 Å². The van der Waals surface area contributed by atoms with Gasteiger partial charge < -0.3 is 14.6 Å². The summed E-state index contributed by atoms with van der Waals surface area (Å²) in [6, 6.07) is 8.31. The lowest BCUT2D eigenvalue weighted by molar-refractivity contribution is -0.138. The molecule has 1 aromatic heterocycles. The third kappa shape index (κ3) is 2.12. The number of hydrogen-bond donors (Lipinski definition) is 1. The molecule has 110 valence electrons. The van der Waals surface area contributed by atoms with Gasteiger partial charge in [-0.2, -0.15) is 0 Å². The highest BCUT2D eigenvalue weighted by molar-refractivity contribution is 5.81. The third-order valence-corrected chi connectivity index (χ3v) is 4.83. The summed E-state index contributed by atoms with van der Waals surface area (Å²) in [4.78, 5) is 19.0. The van der Waals surface area contributed by atoms with E-state index >= 15 is 0 Å². The van der Waals surface area contributed by atoms with Crippen LogP contribution < -0.4 is 0 Å². The van der Waals surface area contributed by atoms with Gasteiger partial charge in [-0.3, -0.25) is 4.79 Å². The molecule has 2 saturated heterocycles. The van der Waals surface area contributed by atoms with E-state index in [1.165, 1.54) is 0 Å². The van der Waals surface area contributed by atoms with Gasteiger partial charge in [-0.25, -0.2) is 4.98 Å². The van der Waals surface area contributed by atoms with Gasteiger partial charge in [0.05, 0.1) is 23.5 Å². The Kier molecular flexibility index (Phi) is 2.96. The van der Waals surface area contributed by atoms with Crippen LogP contribution in [0.4, 0.5) is 0 Å². The Morgan fingerprint density at radius 1 is 1.24 bits per heavy atom. The van der Waals surface area contributed by atoms with Crippen LogP contribution >= 0.6 is 0 Å². The Labute approximate surface area is 123 Å². The van der Waals surface area contributed by atoms with Crippen LogP contribution in [0.2, 0.25) is 0 Å². The lowest BCUT2D eigenvalue weighted by Crippen LogP contribution is -2.49. The molecule has 21 heavy (non-hydrogen) atoms. The monoisotopic (exact) mass is 285 g/mol. The SMILES string of the molecule is O=C(Cn1cnc2ccccc21)N1C2CCC1CC(O)C2. The number of hydrogen-bond acceptors (Lipinski definition) is 3. The fourth-order valence-electron chi connectivity index (χ4n) is 3.92. The zero-order valence-electron chi connectivity index (χ0n) is 11.9. The molecule has 1 amide bonds. The highest BCUT2D eigenvalue weighted by Gasteiger charge is 2.42. The highest BCUT2D eigenvalue weighted by Crippen LogP contribution is 2.35. The number of fused-ring (bicyclic) bond motifs is 3. The predicted octanol–water partition coefficient (Wildman–Crippen LogP) is 1.55. The second kappa shape index (κ2) is 4.84. The minimum Gasteiger partial charge on any atom is -0.393 e. The van der Waals surface area contributed by atoms with E-state index in [1.807, 2.05) is 33.7 Å². The van der Waals surface area contributed by atoms with E-state index < -0.39 is 0 Å². The molecule has 2 fully saturated rings. The summed E-state index contributed by atoms with van der Waals surface area (Å²) in [5, 5.41) is 9.83. The minimum absolute atomic E-state index is 0.151.